The molecule has 6 nitrogen and oxygen atoms in total. The van der Waals surface area contributed by atoms with Crippen LogP contribution >= 0.6 is 15.9 Å². The molecular formula is C12H13BrN2O4. The fourth-order valence-corrected chi connectivity index (χ4v) is 2.46. The molecular weight excluding hydrogens is 316 g/mol. The minimum atomic E-state index is -0.505. The number of carbonyl (C=O) groups is 1. The summed E-state index contributed by atoms with van der Waals surface area (Å²) in [5.41, 5.74) is 0.334. The third kappa shape index (κ3) is 2.70. The van der Waals surface area contributed by atoms with E-state index in [1.165, 1.54) is 6.07 Å². The summed E-state index contributed by atoms with van der Waals surface area (Å²) in [6.45, 7) is 4.14. The van der Waals surface area contributed by atoms with Crippen molar-refractivity contribution in [3.63, 3.8) is 0 Å². The first-order valence-electron chi connectivity index (χ1n) is 5.68. The normalized spacial score (nSPS) is 21.4. The van der Waals surface area contributed by atoms with Gasteiger partial charge in [-0.2, -0.15) is 0 Å². The van der Waals surface area contributed by atoms with Gasteiger partial charge in [-0.05, 0) is 27.6 Å². The standard InChI is InChI=1S/C12H13BrN2O4/c1-12(2)6-19-11(16)14-10(12)7-3-4-8(13)9(5-7)15(17)18/h3-5,10H,6H2,1-2H3,(H,14,16)/t10-/m0/s1. The van der Waals surface area contributed by atoms with Crippen molar-refractivity contribution in [1.29, 1.82) is 0 Å². The molecule has 19 heavy (non-hydrogen) atoms. The van der Waals surface area contributed by atoms with Gasteiger partial charge in [0.05, 0.1) is 15.4 Å². The van der Waals surface area contributed by atoms with Crippen LogP contribution in [0.5, 0.6) is 0 Å². The molecule has 0 radical (unpaired) electrons. The fourth-order valence-electron chi connectivity index (χ4n) is 2.07. The van der Waals surface area contributed by atoms with Crippen molar-refractivity contribution in [3.05, 3.63) is 38.3 Å². The van der Waals surface area contributed by atoms with Crippen LogP contribution in [0, 0.1) is 15.5 Å². The molecule has 0 aromatic heterocycles. The quantitative estimate of drug-likeness (QED) is 0.667. The van der Waals surface area contributed by atoms with E-state index >= 15 is 0 Å². The Balaban J connectivity index is 2.42. The number of cyclic esters (lactones) is 1. The highest BCUT2D eigenvalue weighted by Gasteiger charge is 2.38. The smallest absolute Gasteiger partial charge is 0.407 e. The predicted molar refractivity (Wildman–Crippen MR) is 71.8 cm³/mol. The predicted octanol–water partition coefficient (Wildman–Crippen LogP) is 3.16. The van der Waals surface area contributed by atoms with Gasteiger partial charge in [-0.3, -0.25) is 10.1 Å². The van der Waals surface area contributed by atoms with E-state index in [9.17, 15) is 14.9 Å². The maximum Gasteiger partial charge on any atom is 0.407 e. The Kier molecular flexibility index (Phi) is 3.49. The van der Waals surface area contributed by atoms with E-state index in [-0.39, 0.29) is 23.8 Å². The highest BCUT2D eigenvalue weighted by atomic mass is 79.9. The van der Waals surface area contributed by atoms with E-state index in [0.717, 1.165) is 0 Å². The summed E-state index contributed by atoms with van der Waals surface area (Å²) in [5.74, 6) is 0. The molecule has 1 amide bonds. The highest BCUT2D eigenvalue weighted by Crippen LogP contribution is 2.38. The Labute approximate surface area is 118 Å². The number of nitro groups is 1. The van der Waals surface area contributed by atoms with E-state index in [1.54, 1.807) is 12.1 Å². The van der Waals surface area contributed by atoms with Gasteiger partial charge in [0.15, 0.2) is 0 Å². The van der Waals surface area contributed by atoms with Crippen LogP contribution in [-0.2, 0) is 4.74 Å². The maximum atomic E-state index is 11.3. The van der Waals surface area contributed by atoms with Crippen LogP contribution < -0.4 is 5.32 Å². The molecule has 1 aliphatic heterocycles. The number of nitro benzene ring substituents is 1. The molecule has 1 saturated heterocycles. The van der Waals surface area contributed by atoms with Gasteiger partial charge in [0, 0.05) is 11.5 Å². The largest absolute Gasteiger partial charge is 0.449 e. The zero-order valence-electron chi connectivity index (χ0n) is 10.5. The molecule has 0 aliphatic carbocycles. The van der Waals surface area contributed by atoms with Gasteiger partial charge >= 0.3 is 6.09 Å². The number of rotatable bonds is 2. The van der Waals surface area contributed by atoms with Gasteiger partial charge in [0.1, 0.15) is 6.61 Å². The molecule has 1 N–H and O–H groups in total. The lowest BCUT2D eigenvalue weighted by Gasteiger charge is -2.38. The van der Waals surface area contributed by atoms with Gasteiger partial charge in [-0.15, -0.1) is 0 Å². The molecule has 1 aromatic rings. The second kappa shape index (κ2) is 4.80. The number of hydrogen-bond acceptors (Lipinski definition) is 4. The minimum Gasteiger partial charge on any atom is -0.449 e. The molecule has 0 saturated carbocycles. The minimum absolute atomic E-state index is 0.0194. The van der Waals surface area contributed by atoms with Crippen molar-refractivity contribution in [2.45, 2.75) is 19.9 Å². The molecule has 1 aromatic carbocycles. The number of amides is 1. The summed E-state index contributed by atoms with van der Waals surface area (Å²) in [4.78, 5) is 21.8. The van der Waals surface area contributed by atoms with Crippen LogP contribution in [-0.4, -0.2) is 17.6 Å². The van der Waals surface area contributed by atoms with E-state index < -0.39 is 11.0 Å². The lowest BCUT2D eigenvalue weighted by molar-refractivity contribution is -0.385. The number of carbonyl (C=O) groups excluding carboxylic acids is 1. The monoisotopic (exact) mass is 328 g/mol. The zero-order valence-corrected chi connectivity index (χ0v) is 12.1. The van der Waals surface area contributed by atoms with E-state index in [0.29, 0.717) is 10.0 Å². The number of ether oxygens (including phenoxy) is 1. The average molecular weight is 329 g/mol. The Morgan fingerprint density at radius 3 is 2.84 bits per heavy atom. The second-order valence-electron chi connectivity index (χ2n) is 5.11. The van der Waals surface area contributed by atoms with Gasteiger partial charge in [0.25, 0.3) is 5.69 Å². The Morgan fingerprint density at radius 1 is 1.53 bits per heavy atom. The van der Waals surface area contributed by atoms with Gasteiger partial charge in [-0.25, -0.2) is 4.79 Å². The van der Waals surface area contributed by atoms with Crippen LogP contribution in [0.15, 0.2) is 22.7 Å². The van der Waals surface area contributed by atoms with E-state index in [2.05, 4.69) is 21.2 Å². The number of alkyl carbamates (subject to hydrolysis) is 1. The lowest BCUT2D eigenvalue weighted by atomic mass is 9.80. The van der Waals surface area contributed by atoms with Crippen LogP contribution in [0.2, 0.25) is 0 Å². The Bertz CT molecular complexity index is 545. The Morgan fingerprint density at radius 2 is 2.21 bits per heavy atom. The number of hydrogen-bond donors (Lipinski definition) is 1. The molecule has 102 valence electrons. The first-order chi connectivity index (χ1) is 8.81. The summed E-state index contributed by atoms with van der Waals surface area (Å²) in [5, 5.41) is 13.7. The molecule has 1 fully saturated rings. The molecule has 0 bridgehead atoms. The van der Waals surface area contributed by atoms with Gasteiger partial charge in [0.2, 0.25) is 0 Å². The maximum absolute atomic E-state index is 11.3. The number of halogens is 1. The second-order valence-corrected chi connectivity index (χ2v) is 5.96. The first kappa shape index (κ1) is 13.8. The van der Waals surface area contributed by atoms with Crippen LogP contribution in [0.25, 0.3) is 0 Å². The SMILES string of the molecule is CC1(C)COC(=O)N[C@H]1c1ccc(Br)c([N+](=O)[O-])c1. The molecule has 1 aliphatic rings. The summed E-state index contributed by atoms with van der Waals surface area (Å²) in [7, 11) is 0. The summed E-state index contributed by atoms with van der Waals surface area (Å²) >= 11 is 3.14. The summed E-state index contributed by atoms with van der Waals surface area (Å²) in [6.07, 6.45) is -0.505. The van der Waals surface area contributed by atoms with Crippen LogP contribution in [0.1, 0.15) is 25.5 Å². The highest BCUT2D eigenvalue weighted by molar-refractivity contribution is 9.10. The number of nitrogens with one attached hydrogen (secondary N) is 1. The Hall–Kier alpha value is -1.63. The van der Waals surface area contributed by atoms with Crippen molar-refractivity contribution < 1.29 is 14.5 Å². The third-order valence-electron chi connectivity index (χ3n) is 3.12. The number of nitrogens with zero attached hydrogens (tertiary/aromatic N) is 1. The summed E-state index contributed by atoms with van der Waals surface area (Å²) < 4.78 is 5.37. The molecule has 1 atom stereocenters. The first-order valence-corrected chi connectivity index (χ1v) is 6.48. The summed E-state index contributed by atoms with van der Waals surface area (Å²) in [6, 6.07) is 4.53. The fraction of sp³-hybridized carbons (Fsp3) is 0.417. The van der Waals surface area contributed by atoms with Crippen molar-refractivity contribution in [2.24, 2.45) is 5.41 Å². The van der Waals surface area contributed by atoms with E-state index in [4.69, 9.17) is 4.74 Å². The third-order valence-corrected chi connectivity index (χ3v) is 3.79. The topological polar surface area (TPSA) is 81.5 Å². The average Bonchev–Trinajstić information content (AvgIpc) is 2.33. The van der Waals surface area contributed by atoms with Crippen LogP contribution in [0.3, 0.4) is 0 Å². The molecule has 0 unspecified atom stereocenters. The van der Waals surface area contributed by atoms with E-state index in [1.807, 2.05) is 13.8 Å². The zero-order chi connectivity index (χ0) is 14.2. The molecule has 0 spiro atoms. The number of benzene rings is 1. The molecule has 1 heterocycles. The van der Waals surface area contributed by atoms with Gasteiger partial charge in [-0.1, -0.05) is 19.9 Å². The van der Waals surface area contributed by atoms with Crippen molar-refractivity contribution in [3.8, 4) is 0 Å². The van der Waals surface area contributed by atoms with Crippen molar-refractivity contribution in [2.75, 3.05) is 6.61 Å². The lowest BCUT2D eigenvalue weighted by Crippen LogP contribution is -2.46. The molecule has 7 heteroatoms. The van der Waals surface area contributed by atoms with Crippen molar-refractivity contribution >= 4 is 27.7 Å². The molecule has 2 rings (SSSR count). The van der Waals surface area contributed by atoms with Crippen molar-refractivity contribution in [1.82, 2.24) is 5.32 Å². The van der Waals surface area contributed by atoms with Crippen LogP contribution in [0.4, 0.5) is 10.5 Å². The van der Waals surface area contributed by atoms with Gasteiger partial charge < -0.3 is 10.1 Å².